The summed E-state index contributed by atoms with van der Waals surface area (Å²) in [5.74, 6) is 0.662. The number of aryl methyl sites for hydroxylation is 1. The monoisotopic (exact) mass is 197 g/mol. The number of ether oxygens (including phenoxy) is 1. The van der Waals surface area contributed by atoms with Crippen LogP contribution in [0.5, 0.6) is 0 Å². The molecule has 4 heteroatoms. The van der Waals surface area contributed by atoms with E-state index in [2.05, 4.69) is 23.7 Å². The third kappa shape index (κ3) is 2.13. The number of nitrogens with zero attached hydrogens (tertiary/aromatic N) is 1. The summed E-state index contributed by atoms with van der Waals surface area (Å²) in [5, 5.41) is 3.76. The summed E-state index contributed by atoms with van der Waals surface area (Å²) in [6.07, 6.45) is 0.700. The fourth-order valence-electron chi connectivity index (χ4n) is 1.29. The molecule has 1 heterocycles. The predicted molar refractivity (Wildman–Crippen MR) is 51.1 cm³/mol. The number of esters is 1. The molecule has 0 radical (unpaired) electrons. The van der Waals surface area contributed by atoms with E-state index in [1.54, 1.807) is 6.92 Å². The van der Waals surface area contributed by atoms with E-state index in [1.807, 2.05) is 0 Å². The average molecular weight is 197 g/mol. The molecule has 1 aromatic rings. The summed E-state index contributed by atoms with van der Waals surface area (Å²) in [6, 6.07) is 0. The van der Waals surface area contributed by atoms with Crippen molar-refractivity contribution in [3.8, 4) is 0 Å². The van der Waals surface area contributed by atoms with Gasteiger partial charge in [0.1, 0.15) is 5.56 Å². The molecule has 0 fully saturated rings. The van der Waals surface area contributed by atoms with Gasteiger partial charge in [0.25, 0.3) is 0 Å². The normalized spacial score (nSPS) is 10.6. The topological polar surface area (TPSA) is 52.3 Å². The summed E-state index contributed by atoms with van der Waals surface area (Å²) >= 11 is 0. The number of carbonyl (C=O) groups excluding carboxylic acids is 1. The Morgan fingerprint density at radius 3 is 2.71 bits per heavy atom. The Kier molecular flexibility index (Phi) is 3.28. The first-order valence-electron chi connectivity index (χ1n) is 4.59. The van der Waals surface area contributed by atoms with Crippen molar-refractivity contribution in [1.82, 2.24) is 5.16 Å². The van der Waals surface area contributed by atoms with Gasteiger partial charge in [0.15, 0.2) is 5.76 Å². The van der Waals surface area contributed by atoms with Crippen LogP contribution in [0, 0.1) is 12.8 Å². The lowest BCUT2D eigenvalue weighted by Gasteiger charge is -2.02. The van der Waals surface area contributed by atoms with Crippen LogP contribution in [0.15, 0.2) is 4.52 Å². The summed E-state index contributed by atoms with van der Waals surface area (Å²) in [4.78, 5) is 11.4. The molecule has 0 atom stereocenters. The number of rotatable bonds is 3. The minimum atomic E-state index is -0.376. The van der Waals surface area contributed by atoms with E-state index >= 15 is 0 Å². The van der Waals surface area contributed by atoms with Crippen LogP contribution < -0.4 is 0 Å². The van der Waals surface area contributed by atoms with Gasteiger partial charge < -0.3 is 9.26 Å². The fourth-order valence-corrected chi connectivity index (χ4v) is 1.29. The summed E-state index contributed by atoms with van der Waals surface area (Å²) in [5.41, 5.74) is 1.06. The van der Waals surface area contributed by atoms with Gasteiger partial charge in [0.2, 0.25) is 0 Å². The number of carbonyl (C=O) groups is 1. The second-order valence-corrected chi connectivity index (χ2v) is 3.66. The van der Waals surface area contributed by atoms with Gasteiger partial charge in [-0.1, -0.05) is 19.0 Å². The van der Waals surface area contributed by atoms with E-state index in [4.69, 9.17) is 4.52 Å². The third-order valence-electron chi connectivity index (χ3n) is 1.92. The van der Waals surface area contributed by atoms with Crippen molar-refractivity contribution in [3.63, 3.8) is 0 Å². The SMILES string of the molecule is COC(=O)c1c(C)noc1CC(C)C. The molecule has 0 saturated heterocycles. The molecule has 4 nitrogen and oxygen atoms in total. The molecule has 0 unspecified atom stereocenters. The van der Waals surface area contributed by atoms with Gasteiger partial charge in [-0.3, -0.25) is 0 Å². The maximum Gasteiger partial charge on any atom is 0.343 e. The summed E-state index contributed by atoms with van der Waals surface area (Å²) < 4.78 is 9.74. The lowest BCUT2D eigenvalue weighted by atomic mass is 10.0. The van der Waals surface area contributed by atoms with Gasteiger partial charge in [-0.2, -0.15) is 0 Å². The van der Waals surface area contributed by atoms with Crippen LogP contribution in [-0.2, 0) is 11.2 Å². The molecule has 1 rings (SSSR count). The van der Waals surface area contributed by atoms with E-state index in [0.717, 1.165) is 0 Å². The van der Waals surface area contributed by atoms with Crippen LogP contribution in [0.3, 0.4) is 0 Å². The summed E-state index contributed by atoms with van der Waals surface area (Å²) in [7, 11) is 1.36. The lowest BCUT2D eigenvalue weighted by molar-refractivity contribution is 0.0597. The van der Waals surface area contributed by atoms with Gasteiger partial charge in [0, 0.05) is 6.42 Å². The van der Waals surface area contributed by atoms with Gasteiger partial charge in [0.05, 0.1) is 12.8 Å². The molecule has 0 spiro atoms. The smallest absolute Gasteiger partial charge is 0.343 e. The Bertz CT molecular complexity index is 328. The highest BCUT2D eigenvalue weighted by Crippen LogP contribution is 2.18. The molecule has 0 aliphatic carbocycles. The second-order valence-electron chi connectivity index (χ2n) is 3.66. The third-order valence-corrected chi connectivity index (χ3v) is 1.92. The summed E-state index contributed by atoms with van der Waals surface area (Å²) in [6.45, 7) is 5.84. The van der Waals surface area contributed by atoms with Gasteiger partial charge >= 0.3 is 5.97 Å². The first-order chi connectivity index (χ1) is 6.56. The molecule has 0 aliphatic rings. The van der Waals surface area contributed by atoms with Gasteiger partial charge in [-0.15, -0.1) is 0 Å². The maximum atomic E-state index is 11.4. The van der Waals surface area contributed by atoms with Gasteiger partial charge in [-0.25, -0.2) is 4.79 Å². The molecule has 0 aromatic carbocycles. The van der Waals surface area contributed by atoms with E-state index in [0.29, 0.717) is 29.4 Å². The molecule has 0 bridgehead atoms. The van der Waals surface area contributed by atoms with E-state index in [1.165, 1.54) is 7.11 Å². The number of hydrogen-bond acceptors (Lipinski definition) is 4. The van der Waals surface area contributed by atoms with E-state index in [-0.39, 0.29) is 5.97 Å². The van der Waals surface area contributed by atoms with Crippen molar-refractivity contribution in [2.45, 2.75) is 27.2 Å². The largest absolute Gasteiger partial charge is 0.465 e. The molecule has 0 aliphatic heterocycles. The molecule has 78 valence electrons. The minimum absolute atomic E-state index is 0.376. The van der Waals surface area contributed by atoms with Crippen LogP contribution >= 0.6 is 0 Å². The van der Waals surface area contributed by atoms with Crippen molar-refractivity contribution >= 4 is 5.97 Å². The number of methoxy groups -OCH3 is 1. The standard InChI is InChI=1S/C10H15NO3/c1-6(2)5-8-9(10(12)13-4)7(3)11-14-8/h6H,5H2,1-4H3. The van der Waals surface area contributed by atoms with E-state index < -0.39 is 0 Å². The van der Waals surface area contributed by atoms with Crippen molar-refractivity contribution in [1.29, 1.82) is 0 Å². The number of aromatic nitrogens is 1. The average Bonchev–Trinajstić information content (AvgIpc) is 2.45. The zero-order chi connectivity index (χ0) is 10.7. The van der Waals surface area contributed by atoms with Crippen LogP contribution in [0.1, 0.15) is 35.7 Å². The molecular weight excluding hydrogens is 182 g/mol. The van der Waals surface area contributed by atoms with Gasteiger partial charge in [-0.05, 0) is 12.8 Å². The zero-order valence-corrected chi connectivity index (χ0v) is 8.96. The van der Waals surface area contributed by atoms with Crippen molar-refractivity contribution in [2.24, 2.45) is 5.92 Å². The molecule has 14 heavy (non-hydrogen) atoms. The van der Waals surface area contributed by atoms with Crippen LogP contribution in [0.4, 0.5) is 0 Å². The Hall–Kier alpha value is -1.32. The van der Waals surface area contributed by atoms with Crippen LogP contribution in [0.25, 0.3) is 0 Å². The number of hydrogen-bond donors (Lipinski definition) is 0. The minimum Gasteiger partial charge on any atom is -0.465 e. The first kappa shape index (κ1) is 10.8. The zero-order valence-electron chi connectivity index (χ0n) is 8.96. The first-order valence-corrected chi connectivity index (χ1v) is 4.59. The molecular formula is C10H15NO3. The lowest BCUT2D eigenvalue weighted by Crippen LogP contribution is -2.06. The molecule has 1 aromatic heterocycles. The highest BCUT2D eigenvalue weighted by atomic mass is 16.5. The Morgan fingerprint density at radius 2 is 2.21 bits per heavy atom. The molecule has 0 saturated carbocycles. The Balaban J connectivity index is 3.00. The molecule has 0 amide bonds. The fraction of sp³-hybridized carbons (Fsp3) is 0.600. The quantitative estimate of drug-likeness (QED) is 0.695. The highest BCUT2D eigenvalue weighted by Gasteiger charge is 2.21. The Labute approximate surface area is 83.2 Å². The van der Waals surface area contributed by atoms with Crippen molar-refractivity contribution < 1.29 is 14.1 Å². The van der Waals surface area contributed by atoms with Crippen LogP contribution in [0.2, 0.25) is 0 Å². The van der Waals surface area contributed by atoms with Crippen molar-refractivity contribution in [3.05, 3.63) is 17.0 Å². The maximum absolute atomic E-state index is 11.4. The second kappa shape index (κ2) is 4.26. The Morgan fingerprint density at radius 1 is 1.57 bits per heavy atom. The predicted octanol–water partition coefficient (Wildman–Crippen LogP) is 1.97. The van der Waals surface area contributed by atoms with Crippen LogP contribution in [-0.4, -0.2) is 18.2 Å². The molecule has 0 N–H and O–H groups in total. The van der Waals surface area contributed by atoms with E-state index in [9.17, 15) is 4.79 Å². The van der Waals surface area contributed by atoms with Crippen molar-refractivity contribution in [2.75, 3.05) is 7.11 Å². The highest BCUT2D eigenvalue weighted by molar-refractivity contribution is 5.91.